The van der Waals surface area contributed by atoms with Crippen molar-refractivity contribution >= 4 is 0 Å². The largest absolute Gasteiger partial charge is 0.395 e. The molecule has 2 N–H and O–H groups in total. The molecule has 0 aromatic heterocycles. The highest BCUT2D eigenvalue weighted by atomic mass is 16.3. The van der Waals surface area contributed by atoms with Crippen LogP contribution >= 0.6 is 0 Å². The maximum Gasteiger partial charge on any atom is 0.0558 e. The smallest absolute Gasteiger partial charge is 0.0558 e. The first kappa shape index (κ1) is 13.9. The van der Waals surface area contributed by atoms with Crippen LogP contribution in [0.15, 0.2) is 0 Å². The lowest BCUT2D eigenvalue weighted by atomic mass is 10.0. The van der Waals surface area contributed by atoms with E-state index in [1.54, 1.807) is 0 Å². The van der Waals surface area contributed by atoms with E-state index in [2.05, 4.69) is 24.2 Å². The fourth-order valence-electron chi connectivity index (χ4n) is 2.78. The monoisotopic (exact) mass is 228 g/mol. The van der Waals surface area contributed by atoms with Gasteiger partial charge in [0.2, 0.25) is 0 Å². The van der Waals surface area contributed by atoms with Gasteiger partial charge >= 0.3 is 0 Å². The number of hydrogen-bond donors (Lipinski definition) is 2. The van der Waals surface area contributed by atoms with Crippen LogP contribution in [0, 0.1) is 5.92 Å². The minimum Gasteiger partial charge on any atom is -0.395 e. The summed E-state index contributed by atoms with van der Waals surface area (Å²) >= 11 is 0. The van der Waals surface area contributed by atoms with E-state index < -0.39 is 0 Å². The molecule has 0 aromatic carbocycles. The first-order valence-corrected chi connectivity index (χ1v) is 6.82. The molecule has 0 heterocycles. The van der Waals surface area contributed by atoms with Crippen LogP contribution in [-0.2, 0) is 0 Å². The van der Waals surface area contributed by atoms with Crippen LogP contribution < -0.4 is 5.32 Å². The third kappa shape index (κ3) is 4.40. The Morgan fingerprint density at radius 2 is 2.12 bits per heavy atom. The summed E-state index contributed by atoms with van der Waals surface area (Å²) in [5.74, 6) is 0.786. The second-order valence-corrected chi connectivity index (χ2v) is 4.96. The predicted molar refractivity (Wildman–Crippen MR) is 68.6 cm³/mol. The molecule has 2 atom stereocenters. The summed E-state index contributed by atoms with van der Waals surface area (Å²) in [6, 6.07) is 0.697. The van der Waals surface area contributed by atoms with Crippen molar-refractivity contribution in [3.8, 4) is 0 Å². The number of aliphatic hydroxyl groups excluding tert-OH is 1. The van der Waals surface area contributed by atoms with Crippen LogP contribution in [-0.4, -0.2) is 49.3 Å². The SMILES string of the molecule is CCCCN(CCO)CC1CCCC1NC. The Balaban J connectivity index is 2.34. The molecule has 96 valence electrons. The van der Waals surface area contributed by atoms with E-state index in [1.165, 1.54) is 32.1 Å². The molecule has 1 saturated carbocycles. The van der Waals surface area contributed by atoms with Gasteiger partial charge in [-0.3, -0.25) is 0 Å². The highest BCUT2D eigenvalue weighted by Gasteiger charge is 2.27. The van der Waals surface area contributed by atoms with E-state index >= 15 is 0 Å². The first-order chi connectivity index (χ1) is 7.81. The number of aliphatic hydroxyl groups is 1. The first-order valence-electron chi connectivity index (χ1n) is 6.82. The minimum atomic E-state index is 0.292. The lowest BCUT2D eigenvalue weighted by molar-refractivity contribution is 0.166. The molecular formula is C13H28N2O. The topological polar surface area (TPSA) is 35.5 Å². The van der Waals surface area contributed by atoms with E-state index in [0.29, 0.717) is 12.6 Å². The second-order valence-electron chi connectivity index (χ2n) is 4.96. The van der Waals surface area contributed by atoms with Crippen LogP contribution in [0.25, 0.3) is 0 Å². The highest BCUT2D eigenvalue weighted by molar-refractivity contribution is 4.84. The normalized spacial score (nSPS) is 25.5. The van der Waals surface area contributed by atoms with E-state index in [-0.39, 0.29) is 0 Å². The van der Waals surface area contributed by atoms with E-state index in [9.17, 15) is 0 Å². The summed E-state index contributed by atoms with van der Waals surface area (Å²) < 4.78 is 0. The molecule has 0 aromatic rings. The van der Waals surface area contributed by atoms with E-state index in [0.717, 1.165) is 25.6 Å². The average molecular weight is 228 g/mol. The molecule has 0 bridgehead atoms. The number of hydrogen-bond acceptors (Lipinski definition) is 3. The standard InChI is InChI=1S/C13H28N2O/c1-3-4-8-15(9-10-16)11-12-6-5-7-13(12)14-2/h12-14,16H,3-11H2,1-2H3. The Morgan fingerprint density at radius 1 is 1.31 bits per heavy atom. The van der Waals surface area contributed by atoms with Crippen LogP contribution in [0.2, 0.25) is 0 Å². The molecule has 2 unspecified atom stereocenters. The zero-order valence-electron chi connectivity index (χ0n) is 10.9. The van der Waals surface area contributed by atoms with Gasteiger partial charge in [0.05, 0.1) is 6.61 Å². The van der Waals surface area contributed by atoms with Gasteiger partial charge in [-0.05, 0) is 38.8 Å². The lowest BCUT2D eigenvalue weighted by Crippen LogP contribution is -2.39. The molecule has 1 aliphatic carbocycles. The second kappa shape index (κ2) is 8.04. The maximum atomic E-state index is 9.08. The number of nitrogens with zero attached hydrogens (tertiary/aromatic N) is 1. The third-order valence-electron chi connectivity index (χ3n) is 3.77. The summed E-state index contributed by atoms with van der Waals surface area (Å²) in [5, 5.41) is 12.5. The molecule has 0 saturated heterocycles. The molecule has 0 radical (unpaired) electrons. The lowest BCUT2D eigenvalue weighted by Gasteiger charge is -2.28. The van der Waals surface area contributed by atoms with Crippen LogP contribution in [0.4, 0.5) is 0 Å². The number of unbranched alkanes of at least 4 members (excludes halogenated alkanes) is 1. The van der Waals surface area contributed by atoms with Crippen molar-refractivity contribution in [2.75, 3.05) is 33.3 Å². The van der Waals surface area contributed by atoms with E-state index in [1.807, 2.05) is 0 Å². The Bertz CT molecular complexity index is 175. The van der Waals surface area contributed by atoms with Gasteiger partial charge in [-0.2, -0.15) is 0 Å². The molecule has 0 aliphatic heterocycles. The van der Waals surface area contributed by atoms with Gasteiger partial charge < -0.3 is 15.3 Å². The molecule has 3 heteroatoms. The van der Waals surface area contributed by atoms with Gasteiger partial charge in [0, 0.05) is 19.1 Å². The summed E-state index contributed by atoms with van der Waals surface area (Å²) in [7, 11) is 2.07. The van der Waals surface area contributed by atoms with Gasteiger partial charge in [-0.1, -0.05) is 19.8 Å². The Kier molecular flexibility index (Phi) is 7.01. The average Bonchev–Trinajstić information content (AvgIpc) is 2.73. The quantitative estimate of drug-likeness (QED) is 0.660. The van der Waals surface area contributed by atoms with Crippen LogP contribution in [0.3, 0.4) is 0 Å². The van der Waals surface area contributed by atoms with Gasteiger partial charge in [-0.15, -0.1) is 0 Å². The fourth-order valence-corrected chi connectivity index (χ4v) is 2.78. The Morgan fingerprint density at radius 3 is 2.75 bits per heavy atom. The number of nitrogens with one attached hydrogen (secondary N) is 1. The Labute approximate surface area is 100 Å². The molecule has 16 heavy (non-hydrogen) atoms. The van der Waals surface area contributed by atoms with Crippen LogP contribution in [0.5, 0.6) is 0 Å². The van der Waals surface area contributed by atoms with Crippen molar-refractivity contribution in [2.24, 2.45) is 5.92 Å². The minimum absolute atomic E-state index is 0.292. The van der Waals surface area contributed by atoms with Crippen molar-refractivity contribution in [1.29, 1.82) is 0 Å². The van der Waals surface area contributed by atoms with Gasteiger partial charge in [-0.25, -0.2) is 0 Å². The third-order valence-corrected chi connectivity index (χ3v) is 3.77. The van der Waals surface area contributed by atoms with Crippen molar-refractivity contribution < 1.29 is 5.11 Å². The summed E-state index contributed by atoms with van der Waals surface area (Å²) in [6.45, 7) is 5.66. The van der Waals surface area contributed by atoms with Crippen molar-refractivity contribution in [3.05, 3.63) is 0 Å². The highest BCUT2D eigenvalue weighted by Crippen LogP contribution is 2.26. The summed E-state index contributed by atoms with van der Waals surface area (Å²) in [4.78, 5) is 2.43. The predicted octanol–water partition coefficient (Wildman–Crippen LogP) is 1.47. The van der Waals surface area contributed by atoms with Gasteiger partial charge in [0.1, 0.15) is 0 Å². The van der Waals surface area contributed by atoms with Gasteiger partial charge in [0.15, 0.2) is 0 Å². The number of rotatable bonds is 8. The van der Waals surface area contributed by atoms with Crippen molar-refractivity contribution in [1.82, 2.24) is 10.2 Å². The van der Waals surface area contributed by atoms with E-state index in [4.69, 9.17) is 5.11 Å². The molecular weight excluding hydrogens is 200 g/mol. The molecule has 3 nitrogen and oxygen atoms in total. The fraction of sp³-hybridized carbons (Fsp3) is 1.00. The zero-order valence-corrected chi connectivity index (χ0v) is 10.9. The summed E-state index contributed by atoms with van der Waals surface area (Å²) in [5.41, 5.74) is 0. The summed E-state index contributed by atoms with van der Waals surface area (Å²) in [6.07, 6.45) is 6.51. The molecule has 0 amide bonds. The maximum absolute atomic E-state index is 9.08. The van der Waals surface area contributed by atoms with Crippen molar-refractivity contribution in [2.45, 2.75) is 45.1 Å². The molecule has 0 spiro atoms. The molecule has 1 rings (SSSR count). The van der Waals surface area contributed by atoms with Crippen LogP contribution in [0.1, 0.15) is 39.0 Å². The Hall–Kier alpha value is -0.120. The zero-order chi connectivity index (χ0) is 11.8. The van der Waals surface area contributed by atoms with Crippen molar-refractivity contribution in [3.63, 3.8) is 0 Å². The molecule has 1 fully saturated rings. The molecule has 1 aliphatic rings. The van der Waals surface area contributed by atoms with Gasteiger partial charge in [0.25, 0.3) is 0 Å².